The Morgan fingerprint density at radius 1 is 0.854 bits per heavy atom. The Hall–Kier alpha value is -5.01. The highest BCUT2D eigenvalue weighted by atomic mass is 19.4. The van der Waals surface area contributed by atoms with Gasteiger partial charge in [-0.05, 0) is 74.2 Å². The lowest BCUT2D eigenvalue weighted by atomic mass is 10.0. The van der Waals surface area contributed by atoms with Gasteiger partial charge in [0, 0.05) is 48.6 Å². The van der Waals surface area contributed by atoms with Crippen molar-refractivity contribution in [2.45, 2.75) is 38.3 Å². The topological polar surface area (TPSA) is 126 Å². The molecule has 10 nitrogen and oxygen atoms in total. The first kappa shape index (κ1) is 34.3. The average Bonchev–Trinajstić information content (AvgIpc) is 3.56. The van der Waals surface area contributed by atoms with Crippen molar-refractivity contribution in [1.82, 2.24) is 9.55 Å². The van der Waals surface area contributed by atoms with Crippen LogP contribution in [-0.2, 0) is 10.9 Å². The maximum atomic E-state index is 13.7. The van der Waals surface area contributed by atoms with Crippen LogP contribution in [0, 0.1) is 0 Å². The van der Waals surface area contributed by atoms with Crippen LogP contribution in [0.5, 0.6) is 0 Å². The predicted molar refractivity (Wildman–Crippen MR) is 175 cm³/mol. The summed E-state index contributed by atoms with van der Waals surface area (Å²) in [5, 5.41) is 14.3. The molecule has 2 heterocycles. The number of hydrogen-bond acceptors (Lipinski definition) is 7. The van der Waals surface area contributed by atoms with Crippen LogP contribution in [0.25, 0.3) is 5.69 Å². The highest BCUT2D eigenvalue weighted by Crippen LogP contribution is 2.31. The third-order valence-electron chi connectivity index (χ3n) is 7.89. The lowest BCUT2D eigenvalue weighted by Crippen LogP contribution is -2.29. The number of ether oxygens (including phenoxy) is 1. The largest absolute Gasteiger partial charge is 0.416 e. The van der Waals surface area contributed by atoms with Gasteiger partial charge in [0.15, 0.2) is 11.6 Å². The van der Waals surface area contributed by atoms with E-state index in [0.29, 0.717) is 18.6 Å². The summed E-state index contributed by atoms with van der Waals surface area (Å²) in [6.45, 7) is 2.08. The number of carbonyl (C=O) groups is 3. The van der Waals surface area contributed by atoms with Gasteiger partial charge in [-0.3, -0.25) is 14.4 Å². The van der Waals surface area contributed by atoms with Crippen LogP contribution in [-0.4, -0.2) is 65.2 Å². The van der Waals surface area contributed by atoms with E-state index in [4.69, 9.17) is 9.84 Å². The summed E-state index contributed by atoms with van der Waals surface area (Å²) in [7, 11) is 0. The van der Waals surface area contributed by atoms with E-state index in [1.54, 1.807) is 30.3 Å². The van der Waals surface area contributed by atoms with Crippen LogP contribution in [0.3, 0.4) is 0 Å². The van der Waals surface area contributed by atoms with Crippen LogP contribution < -0.4 is 15.5 Å². The van der Waals surface area contributed by atoms with Crippen LogP contribution in [0.1, 0.15) is 68.7 Å². The van der Waals surface area contributed by atoms with Crippen LogP contribution >= 0.6 is 0 Å². The number of imidazole rings is 1. The standard InChI is InChI=1S/C35H36F3N5O5/c36-35(37,38)26-9-5-10-27(20-26)43-22-32(39-23-43)41-34(47)29-21-28(42-14-2-1-3-15-42)12-13-30(29)40-33(46)25-8-4-7-24(19-25)31(45)11-6-17-48-18-16-44/h4-5,7-10,12-13,19-23,44H,1-3,6,11,14-18H2,(H,40,46)(H,41,47). The van der Waals surface area contributed by atoms with E-state index >= 15 is 0 Å². The number of carbonyl (C=O) groups excluding carboxylic acids is 3. The van der Waals surface area contributed by atoms with Gasteiger partial charge in [0.1, 0.15) is 6.33 Å². The van der Waals surface area contributed by atoms with Crippen molar-refractivity contribution >= 4 is 34.8 Å². The fraction of sp³-hybridized carbons (Fsp3) is 0.314. The number of nitrogens with zero attached hydrogens (tertiary/aromatic N) is 3. The van der Waals surface area contributed by atoms with Crippen molar-refractivity contribution in [1.29, 1.82) is 0 Å². The van der Waals surface area contributed by atoms with Gasteiger partial charge in [-0.2, -0.15) is 13.2 Å². The average molecular weight is 664 g/mol. The molecule has 1 aliphatic rings. The van der Waals surface area contributed by atoms with E-state index in [2.05, 4.69) is 20.5 Å². The lowest BCUT2D eigenvalue weighted by Gasteiger charge is -2.29. The van der Waals surface area contributed by atoms with E-state index in [0.717, 1.165) is 50.2 Å². The molecule has 1 aromatic heterocycles. The minimum Gasteiger partial charge on any atom is -0.394 e. The maximum Gasteiger partial charge on any atom is 0.416 e. The van der Waals surface area contributed by atoms with E-state index < -0.39 is 23.6 Å². The first-order valence-electron chi connectivity index (χ1n) is 15.7. The minimum absolute atomic E-state index is 0.0941. The van der Waals surface area contributed by atoms with Gasteiger partial charge in [0.25, 0.3) is 11.8 Å². The molecule has 13 heteroatoms. The molecule has 0 unspecified atom stereocenters. The zero-order valence-electron chi connectivity index (χ0n) is 26.1. The first-order chi connectivity index (χ1) is 23.1. The number of piperidine rings is 1. The number of alkyl halides is 3. The summed E-state index contributed by atoms with van der Waals surface area (Å²) in [4.78, 5) is 46.1. The van der Waals surface area contributed by atoms with Crippen LogP contribution in [0.2, 0.25) is 0 Å². The lowest BCUT2D eigenvalue weighted by molar-refractivity contribution is -0.137. The number of rotatable bonds is 13. The quantitative estimate of drug-likeness (QED) is 0.112. The highest BCUT2D eigenvalue weighted by Gasteiger charge is 2.30. The molecule has 5 rings (SSSR count). The number of halogens is 3. The van der Waals surface area contributed by atoms with E-state index in [-0.39, 0.29) is 53.7 Å². The Morgan fingerprint density at radius 2 is 1.62 bits per heavy atom. The van der Waals surface area contributed by atoms with Crippen LogP contribution in [0.4, 0.5) is 30.4 Å². The Morgan fingerprint density at radius 3 is 2.40 bits per heavy atom. The molecule has 0 atom stereocenters. The Labute approximate surface area is 275 Å². The van der Waals surface area contributed by atoms with Gasteiger partial charge in [-0.15, -0.1) is 0 Å². The number of hydrogen-bond donors (Lipinski definition) is 3. The third kappa shape index (κ3) is 8.87. The molecule has 0 radical (unpaired) electrons. The van der Waals surface area contributed by atoms with Gasteiger partial charge in [0.2, 0.25) is 0 Å². The molecule has 252 valence electrons. The summed E-state index contributed by atoms with van der Waals surface area (Å²) in [5.41, 5.74) is 1.19. The number of aliphatic hydroxyl groups excluding tert-OH is 1. The van der Waals surface area contributed by atoms with Crippen molar-refractivity contribution in [3.8, 4) is 5.69 Å². The predicted octanol–water partition coefficient (Wildman–Crippen LogP) is 6.36. The highest BCUT2D eigenvalue weighted by molar-refractivity contribution is 6.13. The molecule has 4 aromatic rings. The van der Waals surface area contributed by atoms with Crippen molar-refractivity contribution in [3.05, 3.63) is 102 Å². The molecule has 0 spiro atoms. The SMILES string of the molecule is O=C(CCCOCCO)c1cccc(C(=O)Nc2ccc(N3CCCCC3)cc2C(=O)Nc2cn(-c3cccc(C(F)(F)F)c3)cn2)c1. The van der Waals surface area contributed by atoms with E-state index in [1.165, 1.54) is 35.3 Å². The summed E-state index contributed by atoms with van der Waals surface area (Å²) in [6, 6.07) is 16.2. The molecule has 1 fully saturated rings. The molecule has 48 heavy (non-hydrogen) atoms. The van der Waals surface area contributed by atoms with Crippen LogP contribution in [0.15, 0.2) is 79.3 Å². The summed E-state index contributed by atoms with van der Waals surface area (Å²) in [6.07, 6.45) is 2.01. The minimum atomic E-state index is -4.51. The third-order valence-corrected chi connectivity index (χ3v) is 7.89. The van der Waals surface area contributed by atoms with Crippen molar-refractivity contribution in [2.75, 3.05) is 48.4 Å². The fourth-order valence-corrected chi connectivity index (χ4v) is 5.41. The summed E-state index contributed by atoms with van der Waals surface area (Å²) >= 11 is 0. The second kappa shape index (κ2) is 15.7. The molecular weight excluding hydrogens is 627 g/mol. The maximum absolute atomic E-state index is 13.7. The monoisotopic (exact) mass is 663 g/mol. The summed E-state index contributed by atoms with van der Waals surface area (Å²) < 4.78 is 46.3. The van der Waals surface area contributed by atoms with Crippen molar-refractivity contribution < 1.29 is 37.4 Å². The smallest absolute Gasteiger partial charge is 0.394 e. The van der Waals surface area contributed by atoms with Crippen molar-refractivity contribution in [2.24, 2.45) is 0 Å². The molecule has 2 amide bonds. The Bertz CT molecular complexity index is 1750. The van der Waals surface area contributed by atoms with E-state index in [1.807, 2.05) is 6.07 Å². The molecule has 1 saturated heterocycles. The van der Waals surface area contributed by atoms with Gasteiger partial charge in [0.05, 0.1) is 36.2 Å². The number of Topliss-reactive ketones (excluding diaryl/α,β-unsaturated/α-hetero) is 1. The van der Waals surface area contributed by atoms with Gasteiger partial charge in [-0.1, -0.05) is 18.2 Å². The zero-order chi connectivity index (χ0) is 34.1. The number of aromatic nitrogens is 2. The number of aliphatic hydroxyl groups is 1. The molecule has 3 N–H and O–H groups in total. The van der Waals surface area contributed by atoms with Gasteiger partial charge in [-0.25, -0.2) is 4.98 Å². The van der Waals surface area contributed by atoms with Crippen molar-refractivity contribution in [3.63, 3.8) is 0 Å². The Balaban J connectivity index is 1.35. The normalized spacial score (nSPS) is 13.3. The number of anilines is 3. The molecular formula is C35H36F3N5O5. The number of amides is 2. The van der Waals surface area contributed by atoms with Gasteiger partial charge < -0.3 is 29.9 Å². The summed E-state index contributed by atoms with van der Waals surface area (Å²) in [5.74, 6) is -1.16. The second-order valence-corrected chi connectivity index (χ2v) is 11.3. The molecule has 0 aliphatic carbocycles. The molecule has 0 saturated carbocycles. The molecule has 3 aromatic carbocycles. The first-order valence-corrected chi connectivity index (χ1v) is 15.7. The van der Waals surface area contributed by atoms with E-state index in [9.17, 15) is 27.6 Å². The fourth-order valence-electron chi connectivity index (χ4n) is 5.41. The number of benzene rings is 3. The molecule has 0 bridgehead atoms. The number of nitrogens with one attached hydrogen (secondary N) is 2. The zero-order valence-corrected chi connectivity index (χ0v) is 26.1. The molecule has 1 aliphatic heterocycles. The number of ketones is 1. The van der Waals surface area contributed by atoms with Gasteiger partial charge >= 0.3 is 6.18 Å². The Kier molecular flexibility index (Phi) is 11.2. The second-order valence-electron chi connectivity index (χ2n) is 11.3.